The van der Waals surface area contributed by atoms with Gasteiger partial charge in [-0.2, -0.15) is 5.26 Å². The van der Waals surface area contributed by atoms with Crippen LogP contribution in [0.4, 0.5) is 0 Å². The van der Waals surface area contributed by atoms with E-state index in [4.69, 9.17) is 10.00 Å². The summed E-state index contributed by atoms with van der Waals surface area (Å²) in [5, 5.41) is 11.8. The number of nitrogens with one attached hydrogen (secondary N) is 1. The van der Waals surface area contributed by atoms with Crippen LogP contribution in [0.25, 0.3) is 0 Å². The molecule has 1 aromatic rings. The third-order valence-electron chi connectivity index (χ3n) is 2.24. The van der Waals surface area contributed by atoms with Crippen LogP contribution in [0.2, 0.25) is 0 Å². The number of carbonyl (C=O) groups is 1. The predicted molar refractivity (Wildman–Crippen MR) is 57.4 cm³/mol. The van der Waals surface area contributed by atoms with Gasteiger partial charge in [0.1, 0.15) is 12.7 Å². The fourth-order valence-corrected chi connectivity index (χ4v) is 1.47. The van der Waals surface area contributed by atoms with Crippen LogP contribution >= 0.6 is 0 Å². The molecule has 0 aromatic heterocycles. The van der Waals surface area contributed by atoms with Crippen molar-refractivity contribution in [3.8, 4) is 6.07 Å². The maximum atomic E-state index is 12.0. The average Bonchev–Trinajstić information content (AvgIpc) is 2.85. The zero-order valence-electron chi connectivity index (χ0n) is 8.56. The molecule has 0 radical (unpaired) electrons. The predicted octanol–water partition coefficient (Wildman–Crippen LogP) is 1.22. The van der Waals surface area contributed by atoms with Gasteiger partial charge >= 0.3 is 0 Å². The monoisotopic (exact) mass is 214 g/mol. The highest BCUT2D eigenvalue weighted by Gasteiger charge is 2.20. The molecule has 0 bridgehead atoms. The van der Waals surface area contributed by atoms with E-state index in [0.29, 0.717) is 18.7 Å². The van der Waals surface area contributed by atoms with Crippen LogP contribution in [0, 0.1) is 11.3 Å². The Bertz CT molecular complexity index is 464. The molecule has 0 aliphatic carbocycles. The standard InChI is InChI=1S/C12H10N2O2/c13-8-10(12-14-6-7-16-12)11(15)9-4-2-1-3-5-9/h1-5,14H,6-7H2/b12-10+. The summed E-state index contributed by atoms with van der Waals surface area (Å²) in [6.45, 7) is 1.12. The number of hydrogen-bond acceptors (Lipinski definition) is 4. The lowest BCUT2D eigenvalue weighted by Crippen LogP contribution is -2.12. The summed E-state index contributed by atoms with van der Waals surface area (Å²) < 4.78 is 5.17. The van der Waals surface area contributed by atoms with E-state index >= 15 is 0 Å². The summed E-state index contributed by atoms with van der Waals surface area (Å²) in [7, 11) is 0. The van der Waals surface area contributed by atoms with Crippen LogP contribution in [0.3, 0.4) is 0 Å². The van der Waals surface area contributed by atoms with Crippen LogP contribution in [-0.4, -0.2) is 18.9 Å². The van der Waals surface area contributed by atoms with E-state index < -0.39 is 0 Å². The number of Topliss-reactive ketones (excluding diaryl/α,β-unsaturated/α-hetero) is 1. The van der Waals surface area contributed by atoms with Crippen molar-refractivity contribution in [3.63, 3.8) is 0 Å². The van der Waals surface area contributed by atoms with Gasteiger partial charge in [-0.05, 0) is 0 Å². The molecule has 0 spiro atoms. The van der Waals surface area contributed by atoms with Gasteiger partial charge in [-0.15, -0.1) is 0 Å². The number of allylic oxidation sites excluding steroid dienone is 1. The number of carbonyl (C=O) groups excluding carboxylic acids is 1. The van der Waals surface area contributed by atoms with E-state index in [1.54, 1.807) is 24.3 Å². The van der Waals surface area contributed by atoms with Gasteiger partial charge in [0.15, 0.2) is 5.57 Å². The Morgan fingerprint density at radius 1 is 1.38 bits per heavy atom. The first-order chi connectivity index (χ1) is 7.83. The SMILES string of the molecule is N#C/C(C(=O)c1ccccc1)=C1/NCCO1. The molecule has 1 N–H and O–H groups in total. The zero-order valence-corrected chi connectivity index (χ0v) is 8.56. The van der Waals surface area contributed by atoms with Crippen LogP contribution in [0.5, 0.6) is 0 Å². The maximum Gasteiger partial charge on any atom is 0.209 e. The van der Waals surface area contributed by atoms with E-state index in [0.717, 1.165) is 0 Å². The summed E-state index contributed by atoms with van der Waals surface area (Å²) in [6.07, 6.45) is 0. The molecule has 2 rings (SSSR count). The first-order valence-corrected chi connectivity index (χ1v) is 4.93. The molecule has 1 heterocycles. The summed E-state index contributed by atoms with van der Waals surface area (Å²) in [5.41, 5.74) is 0.521. The van der Waals surface area contributed by atoms with Gasteiger partial charge in [0.25, 0.3) is 0 Å². The van der Waals surface area contributed by atoms with Crippen molar-refractivity contribution in [2.24, 2.45) is 0 Å². The lowest BCUT2D eigenvalue weighted by atomic mass is 10.1. The second-order valence-corrected chi connectivity index (χ2v) is 3.29. The lowest BCUT2D eigenvalue weighted by molar-refractivity contribution is 0.103. The molecule has 1 aliphatic heterocycles. The Morgan fingerprint density at radius 3 is 2.69 bits per heavy atom. The Hall–Kier alpha value is -2.28. The Kier molecular flexibility index (Phi) is 2.88. The number of nitriles is 1. The fraction of sp³-hybridized carbons (Fsp3) is 0.167. The van der Waals surface area contributed by atoms with E-state index in [9.17, 15) is 4.79 Å². The fourth-order valence-electron chi connectivity index (χ4n) is 1.47. The lowest BCUT2D eigenvalue weighted by Gasteiger charge is -2.02. The largest absolute Gasteiger partial charge is 0.476 e. The minimum atomic E-state index is -0.312. The molecular weight excluding hydrogens is 204 g/mol. The first-order valence-electron chi connectivity index (χ1n) is 4.93. The average molecular weight is 214 g/mol. The van der Waals surface area contributed by atoms with Crippen LogP contribution in [0.15, 0.2) is 41.8 Å². The Morgan fingerprint density at radius 2 is 2.12 bits per heavy atom. The molecule has 0 atom stereocenters. The highest BCUT2D eigenvalue weighted by atomic mass is 16.5. The minimum Gasteiger partial charge on any atom is -0.476 e. The Labute approximate surface area is 93.1 Å². The van der Waals surface area contributed by atoms with Crippen molar-refractivity contribution in [2.45, 2.75) is 0 Å². The second kappa shape index (κ2) is 4.49. The molecule has 16 heavy (non-hydrogen) atoms. The van der Waals surface area contributed by atoms with Crippen LogP contribution in [-0.2, 0) is 4.74 Å². The van der Waals surface area contributed by atoms with Gasteiger partial charge in [0.05, 0.1) is 6.54 Å². The van der Waals surface area contributed by atoms with Crippen LogP contribution < -0.4 is 5.32 Å². The summed E-state index contributed by atoms with van der Waals surface area (Å²) in [6, 6.07) is 10.6. The quantitative estimate of drug-likeness (QED) is 0.457. The number of hydrogen-bond donors (Lipinski definition) is 1. The van der Waals surface area contributed by atoms with Crippen LogP contribution in [0.1, 0.15) is 10.4 Å². The van der Waals surface area contributed by atoms with Crippen molar-refractivity contribution in [2.75, 3.05) is 13.2 Å². The molecule has 0 amide bonds. The molecular formula is C12H10N2O2. The number of ether oxygens (including phenoxy) is 1. The van der Waals surface area contributed by atoms with Gasteiger partial charge in [0, 0.05) is 5.56 Å². The third-order valence-corrected chi connectivity index (χ3v) is 2.24. The van der Waals surface area contributed by atoms with Gasteiger partial charge < -0.3 is 10.1 Å². The van der Waals surface area contributed by atoms with Gasteiger partial charge in [0.2, 0.25) is 11.7 Å². The molecule has 4 nitrogen and oxygen atoms in total. The smallest absolute Gasteiger partial charge is 0.209 e. The maximum absolute atomic E-state index is 12.0. The summed E-state index contributed by atoms with van der Waals surface area (Å²) in [5.74, 6) is -0.0242. The number of ketones is 1. The molecule has 1 fully saturated rings. The molecule has 1 aliphatic rings. The topological polar surface area (TPSA) is 62.1 Å². The zero-order chi connectivity index (χ0) is 11.4. The third kappa shape index (κ3) is 1.89. The summed E-state index contributed by atoms with van der Waals surface area (Å²) in [4.78, 5) is 12.0. The van der Waals surface area contributed by atoms with Crippen molar-refractivity contribution < 1.29 is 9.53 Å². The second-order valence-electron chi connectivity index (χ2n) is 3.29. The highest BCUT2D eigenvalue weighted by molar-refractivity contribution is 6.11. The van der Waals surface area contributed by atoms with Crippen molar-refractivity contribution >= 4 is 5.78 Å². The van der Waals surface area contributed by atoms with Crippen molar-refractivity contribution in [3.05, 3.63) is 47.4 Å². The number of nitrogens with zero attached hydrogens (tertiary/aromatic N) is 1. The van der Waals surface area contributed by atoms with E-state index in [1.165, 1.54) is 0 Å². The molecule has 1 aromatic carbocycles. The number of rotatable bonds is 2. The molecule has 80 valence electrons. The van der Waals surface area contributed by atoms with Gasteiger partial charge in [-0.25, -0.2) is 0 Å². The summed E-state index contributed by atoms with van der Waals surface area (Å²) >= 11 is 0. The van der Waals surface area contributed by atoms with Crippen molar-refractivity contribution in [1.29, 1.82) is 5.26 Å². The molecule has 0 unspecified atom stereocenters. The van der Waals surface area contributed by atoms with E-state index in [-0.39, 0.29) is 17.2 Å². The van der Waals surface area contributed by atoms with Gasteiger partial charge in [-0.3, -0.25) is 4.79 Å². The number of benzene rings is 1. The minimum absolute atomic E-state index is 0.0312. The first kappa shape index (κ1) is 10.2. The van der Waals surface area contributed by atoms with Crippen molar-refractivity contribution in [1.82, 2.24) is 5.32 Å². The Balaban J connectivity index is 2.34. The molecule has 1 saturated heterocycles. The molecule has 0 saturated carbocycles. The van der Waals surface area contributed by atoms with E-state index in [2.05, 4.69) is 5.32 Å². The normalized spacial score (nSPS) is 16.9. The van der Waals surface area contributed by atoms with Gasteiger partial charge in [-0.1, -0.05) is 30.3 Å². The van der Waals surface area contributed by atoms with E-state index in [1.807, 2.05) is 12.1 Å². The highest BCUT2D eigenvalue weighted by Crippen LogP contribution is 2.13. The molecule has 4 heteroatoms.